The van der Waals surface area contributed by atoms with Crippen LogP contribution in [0, 0.1) is 5.92 Å². The SMILES string of the molecule is CCS(=O)(=O)N1CCC[C@H](C(=O)NCc2cccc(OC)c2)C1. The van der Waals surface area contributed by atoms with Gasteiger partial charge >= 0.3 is 0 Å². The third kappa shape index (κ3) is 4.68. The predicted molar refractivity (Wildman–Crippen MR) is 88.6 cm³/mol. The maximum absolute atomic E-state index is 12.3. The standard InChI is InChI=1S/C16H24N2O4S/c1-3-23(20,21)18-9-5-7-14(12-18)16(19)17-11-13-6-4-8-15(10-13)22-2/h4,6,8,10,14H,3,5,7,9,11-12H2,1-2H3,(H,17,19)/t14-/m0/s1. The molecule has 23 heavy (non-hydrogen) atoms. The first-order valence-electron chi connectivity index (χ1n) is 7.84. The van der Waals surface area contributed by atoms with E-state index in [1.807, 2.05) is 24.3 Å². The van der Waals surface area contributed by atoms with Gasteiger partial charge in [-0.2, -0.15) is 0 Å². The number of hydrogen-bond donors (Lipinski definition) is 1. The molecule has 6 nitrogen and oxygen atoms in total. The Hall–Kier alpha value is -1.60. The molecular formula is C16H24N2O4S. The summed E-state index contributed by atoms with van der Waals surface area (Å²) in [4.78, 5) is 12.3. The molecule has 1 fully saturated rings. The third-order valence-electron chi connectivity index (χ3n) is 4.11. The Bertz CT molecular complexity index is 645. The number of piperidine rings is 1. The van der Waals surface area contributed by atoms with Crippen LogP contribution >= 0.6 is 0 Å². The van der Waals surface area contributed by atoms with Crippen LogP contribution in [0.25, 0.3) is 0 Å². The van der Waals surface area contributed by atoms with Gasteiger partial charge < -0.3 is 10.1 Å². The molecule has 0 bridgehead atoms. The van der Waals surface area contributed by atoms with Gasteiger partial charge in [0.15, 0.2) is 0 Å². The molecule has 0 saturated carbocycles. The van der Waals surface area contributed by atoms with Crippen molar-refractivity contribution in [3.05, 3.63) is 29.8 Å². The van der Waals surface area contributed by atoms with Crippen LogP contribution in [0.3, 0.4) is 0 Å². The van der Waals surface area contributed by atoms with Crippen molar-refractivity contribution in [3.8, 4) is 5.75 Å². The van der Waals surface area contributed by atoms with Crippen LogP contribution < -0.4 is 10.1 Å². The van der Waals surface area contributed by atoms with E-state index in [0.29, 0.717) is 13.1 Å². The lowest BCUT2D eigenvalue weighted by Gasteiger charge is -2.30. The molecule has 1 saturated heterocycles. The number of benzene rings is 1. The number of nitrogens with one attached hydrogen (secondary N) is 1. The lowest BCUT2D eigenvalue weighted by Crippen LogP contribution is -2.45. The predicted octanol–water partition coefficient (Wildman–Crippen LogP) is 1.37. The highest BCUT2D eigenvalue weighted by Crippen LogP contribution is 2.20. The van der Waals surface area contributed by atoms with E-state index < -0.39 is 10.0 Å². The van der Waals surface area contributed by atoms with Crippen LogP contribution in [-0.2, 0) is 21.4 Å². The Morgan fingerprint density at radius 1 is 1.43 bits per heavy atom. The second-order valence-corrected chi connectivity index (χ2v) is 7.92. The van der Waals surface area contributed by atoms with Crippen LogP contribution in [0.4, 0.5) is 0 Å². The van der Waals surface area contributed by atoms with Gasteiger partial charge in [-0.05, 0) is 37.5 Å². The van der Waals surface area contributed by atoms with Crippen molar-refractivity contribution >= 4 is 15.9 Å². The van der Waals surface area contributed by atoms with E-state index in [4.69, 9.17) is 4.74 Å². The Kier molecular flexibility index (Phi) is 6.01. The Morgan fingerprint density at radius 3 is 2.91 bits per heavy atom. The Labute approximate surface area is 137 Å². The fraction of sp³-hybridized carbons (Fsp3) is 0.562. The first-order chi connectivity index (χ1) is 11.0. The zero-order valence-corrected chi connectivity index (χ0v) is 14.4. The highest BCUT2D eigenvalue weighted by atomic mass is 32.2. The topological polar surface area (TPSA) is 75.7 Å². The minimum absolute atomic E-state index is 0.0746. The monoisotopic (exact) mass is 340 g/mol. The van der Waals surface area contributed by atoms with Gasteiger partial charge in [-0.15, -0.1) is 0 Å². The Balaban J connectivity index is 1.92. The van der Waals surface area contributed by atoms with Crippen molar-refractivity contribution in [1.82, 2.24) is 9.62 Å². The molecule has 0 radical (unpaired) electrons. The summed E-state index contributed by atoms with van der Waals surface area (Å²) in [7, 11) is -1.63. The first-order valence-corrected chi connectivity index (χ1v) is 9.45. The summed E-state index contributed by atoms with van der Waals surface area (Å²) in [6.45, 7) is 2.82. The molecule has 1 heterocycles. The third-order valence-corrected chi connectivity index (χ3v) is 5.96. The summed E-state index contributed by atoms with van der Waals surface area (Å²) >= 11 is 0. The molecule has 0 aromatic heterocycles. The van der Waals surface area contributed by atoms with Crippen LogP contribution in [0.15, 0.2) is 24.3 Å². The number of carbonyl (C=O) groups excluding carboxylic acids is 1. The number of ether oxygens (including phenoxy) is 1. The molecular weight excluding hydrogens is 316 g/mol. The highest BCUT2D eigenvalue weighted by molar-refractivity contribution is 7.89. The Morgan fingerprint density at radius 2 is 2.22 bits per heavy atom. The molecule has 0 aliphatic carbocycles. The van der Waals surface area contributed by atoms with E-state index in [1.54, 1.807) is 14.0 Å². The maximum atomic E-state index is 12.3. The van der Waals surface area contributed by atoms with Crippen molar-refractivity contribution in [2.45, 2.75) is 26.3 Å². The average molecular weight is 340 g/mol. The van der Waals surface area contributed by atoms with Gasteiger partial charge in [0.2, 0.25) is 15.9 Å². The molecule has 1 aromatic rings. The van der Waals surface area contributed by atoms with Crippen molar-refractivity contribution in [2.75, 3.05) is 26.0 Å². The first kappa shape index (κ1) is 17.7. The summed E-state index contributed by atoms with van der Waals surface area (Å²) in [6.07, 6.45) is 1.44. The summed E-state index contributed by atoms with van der Waals surface area (Å²) in [5, 5.41) is 2.89. The quantitative estimate of drug-likeness (QED) is 0.849. The molecule has 1 atom stereocenters. The zero-order chi connectivity index (χ0) is 16.9. The fourth-order valence-electron chi connectivity index (χ4n) is 2.71. The second-order valence-electron chi connectivity index (χ2n) is 5.67. The lowest BCUT2D eigenvalue weighted by molar-refractivity contribution is -0.126. The van der Waals surface area contributed by atoms with E-state index in [9.17, 15) is 13.2 Å². The van der Waals surface area contributed by atoms with E-state index in [0.717, 1.165) is 24.2 Å². The van der Waals surface area contributed by atoms with Crippen LogP contribution in [0.5, 0.6) is 5.75 Å². The van der Waals surface area contributed by atoms with E-state index in [1.165, 1.54) is 4.31 Å². The zero-order valence-electron chi connectivity index (χ0n) is 13.6. The van der Waals surface area contributed by atoms with Crippen molar-refractivity contribution in [3.63, 3.8) is 0 Å². The van der Waals surface area contributed by atoms with Gasteiger partial charge in [0.05, 0.1) is 18.8 Å². The number of methoxy groups -OCH3 is 1. The van der Waals surface area contributed by atoms with Crippen LogP contribution in [-0.4, -0.2) is 44.6 Å². The average Bonchev–Trinajstić information content (AvgIpc) is 2.60. The molecule has 1 amide bonds. The van der Waals surface area contributed by atoms with Crippen LogP contribution in [0.1, 0.15) is 25.3 Å². The number of sulfonamides is 1. The van der Waals surface area contributed by atoms with Gasteiger partial charge in [-0.1, -0.05) is 12.1 Å². The molecule has 0 spiro atoms. The minimum Gasteiger partial charge on any atom is -0.497 e. The number of carbonyl (C=O) groups is 1. The van der Waals surface area contributed by atoms with Gasteiger partial charge in [-0.25, -0.2) is 12.7 Å². The summed E-state index contributed by atoms with van der Waals surface area (Å²) in [5.41, 5.74) is 0.951. The number of hydrogen-bond acceptors (Lipinski definition) is 4. The second kappa shape index (κ2) is 7.79. The van der Waals surface area contributed by atoms with Crippen molar-refractivity contribution < 1.29 is 17.9 Å². The van der Waals surface area contributed by atoms with Gasteiger partial charge in [-0.3, -0.25) is 4.79 Å². The number of rotatable bonds is 6. The van der Waals surface area contributed by atoms with Crippen LogP contribution in [0.2, 0.25) is 0 Å². The van der Waals surface area contributed by atoms with Crippen molar-refractivity contribution in [2.24, 2.45) is 5.92 Å². The summed E-state index contributed by atoms with van der Waals surface area (Å²) in [6, 6.07) is 7.50. The summed E-state index contributed by atoms with van der Waals surface area (Å²) in [5.74, 6) is 0.444. The highest BCUT2D eigenvalue weighted by Gasteiger charge is 2.31. The molecule has 2 rings (SSSR count). The molecule has 1 aromatic carbocycles. The van der Waals surface area contributed by atoms with Gasteiger partial charge in [0, 0.05) is 19.6 Å². The lowest BCUT2D eigenvalue weighted by atomic mass is 9.99. The normalized spacial score (nSPS) is 19.3. The van der Waals surface area contributed by atoms with Crippen molar-refractivity contribution in [1.29, 1.82) is 0 Å². The molecule has 0 unspecified atom stereocenters. The molecule has 7 heteroatoms. The minimum atomic E-state index is -3.23. The van der Waals surface area contributed by atoms with E-state index >= 15 is 0 Å². The van der Waals surface area contributed by atoms with E-state index in [2.05, 4.69) is 5.32 Å². The maximum Gasteiger partial charge on any atom is 0.224 e. The van der Waals surface area contributed by atoms with E-state index in [-0.39, 0.29) is 24.1 Å². The van der Waals surface area contributed by atoms with Gasteiger partial charge in [0.1, 0.15) is 5.75 Å². The number of amides is 1. The van der Waals surface area contributed by atoms with Gasteiger partial charge in [0.25, 0.3) is 0 Å². The smallest absolute Gasteiger partial charge is 0.224 e. The largest absolute Gasteiger partial charge is 0.497 e. The number of nitrogens with zero attached hydrogens (tertiary/aromatic N) is 1. The molecule has 128 valence electrons. The molecule has 1 aliphatic heterocycles. The fourth-order valence-corrected chi connectivity index (χ4v) is 3.89. The molecule has 1 N–H and O–H groups in total. The summed E-state index contributed by atoms with van der Waals surface area (Å²) < 4.78 is 30.5. The molecule has 1 aliphatic rings.